The molecule has 194 valence electrons. The Labute approximate surface area is 219 Å². The summed E-state index contributed by atoms with van der Waals surface area (Å²) in [5, 5.41) is 9.65. The maximum atomic E-state index is 13.0. The Hall–Kier alpha value is -2.06. The summed E-state index contributed by atoms with van der Waals surface area (Å²) in [6.07, 6.45) is 10.9. The molecule has 8 heteroatoms. The van der Waals surface area contributed by atoms with Gasteiger partial charge in [-0.25, -0.2) is 4.79 Å². The van der Waals surface area contributed by atoms with Crippen molar-refractivity contribution in [2.45, 2.75) is 97.6 Å². The van der Waals surface area contributed by atoms with E-state index >= 15 is 0 Å². The number of ether oxygens (including phenoxy) is 2. The molecule has 0 radical (unpaired) electrons. The minimum absolute atomic E-state index is 0.0778. The summed E-state index contributed by atoms with van der Waals surface area (Å²) in [7, 11) is 0. The zero-order valence-electron chi connectivity index (χ0n) is 21.4. The van der Waals surface area contributed by atoms with Crippen LogP contribution in [0.1, 0.15) is 91.0 Å². The topological polar surface area (TPSA) is 76.1 Å². The van der Waals surface area contributed by atoms with Crippen LogP contribution in [0.5, 0.6) is 11.5 Å². The van der Waals surface area contributed by atoms with Gasteiger partial charge in [0.15, 0.2) is 11.5 Å². The Morgan fingerprint density at radius 2 is 1.80 bits per heavy atom. The van der Waals surface area contributed by atoms with E-state index in [9.17, 15) is 14.7 Å². The first-order valence-electron chi connectivity index (χ1n) is 12.8. The van der Waals surface area contributed by atoms with Gasteiger partial charge in [0, 0.05) is 0 Å². The van der Waals surface area contributed by atoms with Crippen LogP contribution in [0.25, 0.3) is 6.08 Å². The number of hydrogen-bond donors (Lipinski definition) is 1. The van der Waals surface area contributed by atoms with E-state index < -0.39 is 12.0 Å². The summed E-state index contributed by atoms with van der Waals surface area (Å²) >= 11 is 6.51. The van der Waals surface area contributed by atoms with Gasteiger partial charge in [-0.15, -0.1) is 0 Å². The quantitative estimate of drug-likeness (QED) is 0.142. The van der Waals surface area contributed by atoms with E-state index in [1.54, 1.807) is 6.08 Å². The minimum Gasteiger partial charge on any atom is -0.490 e. The molecule has 6 nitrogen and oxygen atoms in total. The predicted octanol–water partition coefficient (Wildman–Crippen LogP) is 7.06. The molecular weight excluding hydrogens is 482 g/mol. The number of carboxylic acids is 1. The molecule has 1 aliphatic rings. The van der Waals surface area contributed by atoms with Gasteiger partial charge in [0.1, 0.15) is 10.4 Å². The molecule has 2 rings (SSSR count). The average Bonchev–Trinajstić information content (AvgIpc) is 3.08. The van der Waals surface area contributed by atoms with E-state index in [0.29, 0.717) is 35.9 Å². The third-order valence-electron chi connectivity index (χ3n) is 5.86. The van der Waals surface area contributed by atoms with Crippen LogP contribution >= 0.6 is 24.0 Å². The summed E-state index contributed by atoms with van der Waals surface area (Å²) in [6.45, 7) is 8.69. The maximum Gasteiger partial charge on any atom is 0.326 e. The van der Waals surface area contributed by atoms with Crippen molar-refractivity contribution >= 4 is 46.3 Å². The third kappa shape index (κ3) is 8.83. The Morgan fingerprint density at radius 1 is 1.09 bits per heavy atom. The second kappa shape index (κ2) is 15.1. The summed E-state index contributed by atoms with van der Waals surface area (Å²) in [6, 6.07) is 4.66. The van der Waals surface area contributed by atoms with E-state index in [1.807, 2.05) is 32.0 Å². The second-order valence-electron chi connectivity index (χ2n) is 8.82. The average molecular weight is 522 g/mol. The number of benzene rings is 1. The number of thiocarbonyl (C=S) groups is 1. The number of carboxylic acid groups (broad SMARTS) is 1. The van der Waals surface area contributed by atoms with Crippen LogP contribution in [0.3, 0.4) is 0 Å². The summed E-state index contributed by atoms with van der Waals surface area (Å²) in [4.78, 5) is 26.5. The molecule has 2 atom stereocenters. The van der Waals surface area contributed by atoms with Crippen LogP contribution in [-0.4, -0.2) is 45.0 Å². The standard InChI is InChI=1S/C27H39NO5S2/c1-5-8-10-11-12-13-19(4)33-22-16-15-20(17-23(22)32-7-3)18-24-25(29)28(27(34)35-24)21(26(30)31)14-9-6-2/h15-19,21H,5-14H2,1-4H3,(H,30,31)/b24-18+/t19-,21+/m1/s1. The lowest BCUT2D eigenvalue weighted by molar-refractivity contribution is -0.145. The van der Waals surface area contributed by atoms with Crippen LogP contribution in [-0.2, 0) is 9.59 Å². The summed E-state index contributed by atoms with van der Waals surface area (Å²) in [5.74, 6) is -0.0851. The van der Waals surface area contributed by atoms with E-state index in [-0.39, 0.29) is 16.3 Å². The highest BCUT2D eigenvalue weighted by atomic mass is 32.2. The first-order valence-corrected chi connectivity index (χ1v) is 14.0. The van der Waals surface area contributed by atoms with Crippen molar-refractivity contribution in [3.63, 3.8) is 0 Å². The van der Waals surface area contributed by atoms with Crippen LogP contribution in [0.2, 0.25) is 0 Å². The highest BCUT2D eigenvalue weighted by Crippen LogP contribution is 2.37. The van der Waals surface area contributed by atoms with Crippen molar-refractivity contribution in [1.82, 2.24) is 4.90 Å². The molecule has 0 aliphatic carbocycles. The minimum atomic E-state index is -1.03. The number of carbonyl (C=O) groups is 2. The first-order chi connectivity index (χ1) is 16.8. The number of rotatable bonds is 16. The molecule has 1 N–H and O–H groups in total. The molecule has 0 spiro atoms. The van der Waals surface area contributed by atoms with Crippen molar-refractivity contribution in [3.05, 3.63) is 28.7 Å². The number of amides is 1. The van der Waals surface area contributed by atoms with E-state index in [1.165, 1.54) is 30.6 Å². The van der Waals surface area contributed by atoms with Crippen molar-refractivity contribution < 1.29 is 24.2 Å². The normalized spacial score (nSPS) is 16.6. The third-order valence-corrected chi connectivity index (χ3v) is 7.19. The highest BCUT2D eigenvalue weighted by molar-refractivity contribution is 8.26. The van der Waals surface area contributed by atoms with Gasteiger partial charge < -0.3 is 14.6 Å². The highest BCUT2D eigenvalue weighted by Gasteiger charge is 2.40. The molecule has 1 heterocycles. The Morgan fingerprint density at radius 3 is 2.46 bits per heavy atom. The van der Waals surface area contributed by atoms with Crippen LogP contribution < -0.4 is 9.47 Å². The van der Waals surface area contributed by atoms with Gasteiger partial charge >= 0.3 is 5.97 Å². The Kier molecular flexibility index (Phi) is 12.6. The van der Waals surface area contributed by atoms with Crippen LogP contribution in [0, 0.1) is 0 Å². The van der Waals surface area contributed by atoms with Crippen LogP contribution in [0.15, 0.2) is 23.1 Å². The van der Waals surface area contributed by atoms with E-state index in [2.05, 4.69) is 13.8 Å². The monoisotopic (exact) mass is 521 g/mol. The summed E-state index contributed by atoms with van der Waals surface area (Å²) in [5.41, 5.74) is 0.772. The smallest absolute Gasteiger partial charge is 0.326 e. The maximum absolute atomic E-state index is 13.0. The molecule has 0 saturated carbocycles. The fourth-order valence-corrected chi connectivity index (χ4v) is 5.31. The molecule has 35 heavy (non-hydrogen) atoms. The molecular formula is C27H39NO5S2. The largest absolute Gasteiger partial charge is 0.490 e. The van der Waals surface area contributed by atoms with Gasteiger partial charge in [-0.1, -0.05) is 82.4 Å². The SMILES string of the molecule is CCCCCCC[C@@H](C)Oc1ccc(/C=C2/SC(=S)N([C@@H](CCCC)C(=O)O)C2=O)cc1OCC. The fourth-order valence-electron chi connectivity index (χ4n) is 3.95. The van der Waals surface area contributed by atoms with Gasteiger partial charge in [0.05, 0.1) is 17.6 Å². The number of hydrogen-bond acceptors (Lipinski definition) is 6. The molecule has 1 amide bonds. The molecule has 0 bridgehead atoms. The number of thioether (sulfide) groups is 1. The van der Waals surface area contributed by atoms with Gasteiger partial charge in [-0.05, 0) is 56.9 Å². The molecule has 0 aromatic heterocycles. The number of unbranched alkanes of at least 4 members (excludes halogenated alkanes) is 5. The van der Waals surface area contributed by atoms with Gasteiger partial charge in [-0.2, -0.15) is 0 Å². The lowest BCUT2D eigenvalue weighted by Crippen LogP contribution is -2.43. The van der Waals surface area contributed by atoms with Crippen LogP contribution in [0.4, 0.5) is 0 Å². The molecule has 1 saturated heterocycles. The molecule has 1 aromatic rings. The fraction of sp³-hybridized carbons (Fsp3) is 0.593. The predicted molar refractivity (Wildman–Crippen MR) is 147 cm³/mol. The molecule has 1 aliphatic heterocycles. The zero-order valence-corrected chi connectivity index (χ0v) is 23.0. The van der Waals surface area contributed by atoms with Gasteiger partial charge in [0.25, 0.3) is 5.91 Å². The zero-order chi connectivity index (χ0) is 25.8. The van der Waals surface area contributed by atoms with Gasteiger partial charge in [0.2, 0.25) is 0 Å². The lowest BCUT2D eigenvalue weighted by atomic mass is 10.1. The van der Waals surface area contributed by atoms with E-state index in [0.717, 1.165) is 36.6 Å². The van der Waals surface area contributed by atoms with Crippen molar-refractivity contribution in [2.75, 3.05) is 6.61 Å². The Balaban J connectivity index is 2.14. The lowest BCUT2D eigenvalue weighted by Gasteiger charge is -2.22. The van der Waals surface area contributed by atoms with Crippen molar-refractivity contribution in [3.8, 4) is 11.5 Å². The van der Waals surface area contributed by atoms with Crippen molar-refractivity contribution in [2.24, 2.45) is 0 Å². The second-order valence-corrected chi connectivity index (χ2v) is 10.5. The van der Waals surface area contributed by atoms with Gasteiger partial charge in [-0.3, -0.25) is 9.69 Å². The van der Waals surface area contributed by atoms with E-state index in [4.69, 9.17) is 21.7 Å². The number of carbonyl (C=O) groups excluding carboxylic acids is 1. The first kappa shape index (κ1) is 29.2. The summed E-state index contributed by atoms with van der Waals surface area (Å²) < 4.78 is 12.3. The van der Waals surface area contributed by atoms with Crippen molar-refractivity contribution in [1.29, 1.82) is 0 Å². The molecule has 0 unspecified atom stereocenters. The Bertz CT molecular complexity index is 902. The number of aliphatic carboxylic acids is 1. The molecule has 1 fully saturated rings. The number of nitrogens with zero attached hydrogens (tertiary/aromatic N) is 1. The molecule has 1 aromatic carbocycles.